The summed E-state index contributed by atoms with van der Waals surface area (Å²) in [5, 5.41) is 3.37. The number of nitrogens with zero attached hydrogens (tertiary/aromatic N) is 3. The molecule has 2 aromatic rings. The topological polar surface area (TPSA) is 41.1 Å². The van der Waals surface area contributed by atoms with Crippen LogP contribution in [0.2, 0.25) is 0 Å². The molecule has 0 amide bonds. The number of nitrogens with one attached hydrogen (secondary N) is 1. The summed E-state index contributed by atoms with van der Waals surface area (Å²) < 4.78 is 0. The van der Waals surface area contributed by atoms with Crippen molar-refractivity contribution in [2.24, 2.45) is 0 Å². The lowest BCUT2D eigenvalue weighted by Gasteiger charge is -2.20. The predicted molar refractivity (Wildman–Crippen MR) is 73.8 cm³/mol. The fourth-order valence-corrected chi connectivity index (χ4v) is 2.85. The Morgan fingerprint density at radius 1 is 1.05 bits per heavy atom. The standard InChI is InChI=1S/C15H16N4/c1-2-4-13-10-19(9-12(13)3-1)15-17-7-11-5-6-16-8-14(11)18-15/h1-4,7,16H,5-6,8-10H2. The predicted octanol–water partition coefficient (Wildman–Crippen LogP) is 1.64. The second-order valence-electron chi connectivity index (χ2n) is 5.19. The molecular weight excluding hydrogens is 236 g/mol. The van der Waals surface area contributed by atoms with Crippen molar-refractivity contribution in [1.82, 2.24) is 15.3 Å². The van der Waals surface area contributed by atoms with E-state index in [1.54, 1.807) is 0 Å². The van der Waals surface area contributed by atoms with Crippen LogP contribution in [0.3, 0.4) is 0 Å². The number of fused-ring (bicyclic) bond motifs is 2. The zero-order chi connectivity index (χ0) is 12.7. The van der Waals surface area contributed by atoms with Gasteiger partial charge in [0.1, 0.15) is 0 Å². The van der Waals surface area contributed by atoms with Gasteiger partial charge in [-0.15, -0.1) is 0 Å². The van der Waals surface area contributed by atoms with Crippen LogP contribution in [0, 0.1) is 0 Å². The monoisotopic (exact) mass is 252 g/mol. The van der Waals surface area contributed by atoms with Crippen molar-refractivity contribution in [2.75, 3.05) is 11.4 Å². The molecule has 1 aromatic heterocycles. The van der Waals surface area contributed by atoms with Crippen molar-refractivity contribution in [2.45, 2.75) is 26.1 Å². The van der Waals surface area contributed by atoms with Gasteiger partial charge >= 0.3 is 0 Å². The highest BCUT2D eigenvalue weighted by Gasteiger charge is 2.21. The molecule has 0 aliphatic carbocycles. The zero-order valence-electron chi connectivity index (χ0n) is 10.8. The molecule has 1 N–H and O–H groups in total. The molecule has 0 saturated carbocycles. The minimum absolute atomic E-state index is 0.860. The highest BCUT2D eigenvalue weighted by molar-refractivity contribution is 5.44. The normalized spacial score (nSPS) is 17.2. The van der Waals surface area contributed by atoms with Crippen molar-refractivity contribution in [3.05, 3.63) is 52.8 Å². The molecule has 0 fully saturated rings. The molecule has 0 radical (unpaired) electrons. The van der Waals surface area contributed by atoms with E-state index in [4.69, 9.17) is 4.98 Å². The van der Waals surface area contributed by atoms with Gasteiger partial charge in [-0.05, 0) is 29.7 Å². The molecule has 1 aromatic carbocycles. The molecule has 0 spiro atoms. The van der Waals surface area contributed by atoms with Crippen LogP contribution in [0.1, 0.15) is 22.4 Å². The summed E-state index contributed by atoms with van der Waals surface area (Å²) in [6.07, 6.45) is 3.04. The van der Waals surface area contributed by atoms with Crippen LogP contribution in [0.15, 0.2) is 30.5 Å². The maximum Gasteiger partial charge on any atom is 0.226 e. The molecule has 2 aliphatic rings. The lowest BCUT2D eigenvalue weighted by Crippen LogP contribution is -2.26. The van der Waals surface area contributed by atoms with Gasteiger partial charge in [-0.25, -0.2) is 9.97 Å². The van der Waals surface area contributed by atoms with Crippen molar-refractivity contribution in [3.63, 3.8) is 0 Å². The Hall–Kier alpha value is -1.94. The summed E-state index contributed by atoms with van der Waals surface area (Å²) in [6.45, 7) is 3.74. The molecule has 4 rings (SSSR count). The zero-order valence-corrected chi connectivity index (χ0v) is 10.8. The summed E-state index contributed by atoms with van der Waals surface area (Å²) in [4.78, 5) is 11.5. The van der Waals surface area contributed by atoms with Crippen LogP contribution in [0.25, 0.3) is 0 Å². The average Bonchev–Trinajstić information content (AvgIpc) is 2.90. The maximum absolute atomic E-state index is 4.73. The summed E-state index contributed by atoms with van der Waals surface area (Å²) >= 11 is 0. The molecule has 19 heavy (non-hydrogen) atoms. The SMILES string of the molecule is c1ccc2c(c1)CN(c1ncc3c(n1)CNCC3)C2. The van der Waals surface area contributed by atoms with Crippen molar-refractivity contribution < 1.29 is 0 Å². The highest BCUT2D eigenvalue weighted by atomic mass is 15.3. The Labute approximate surface area is 112 Å². The van der Waals surface area contributed by atoms with E-state index in [0.717, 1.165) is 44.2 Å². The number of anilines is 1. The van der Waals surface area contributed by atoms with Gasteiger partial charge in [-0.2, -0.15) is 0 Å². The second kappa shape index (κ2) is 4.31. The van der Waals surface area contributed by atoms with Gasteiger partial charge in [0.25, 0.3) is 0 Å². The first kappa shape index (κ1) is 10.9. The Morgan fingerprint density at radius 2 is 1.84 bits per heavy atom. The molecule has 0 bridgehead atoms. The van der Waals surface area contributed by atoms with Gasteiger partial charge in [0.15, 0.2) is 0 Å². The van der Waals surface area contributed by atoms with Crippen LogP contribution < -0.4 is 10.2 Å². The van der Waals surface area contributed by atoms with Gasteiger partial charge in [0, 0.05) is 25.8 Å². The van der Waals surface area contributed by atoms with E-state index in [1.165, 1.54) is 16.7 Å². The fraction of sp³-hybridized carbons (Fsp3) is 0.333. The van der Waals surface area contributed by atoms with Gasteiger partial charge in [0.2, 0.25) is 5.95 Å². The molecule has 4 nitrogen and oxygen atoms in total. The third kappa shape index (κ3) is 1.88. The highest BCUT2D eigenvalue weighted by Crippen LogP contribution is 2.26. The smallest absolute Gasteiger partial charge is 0.226 e. The quantitative estimate of drug-likeness (QED) is 0.837. The molecule has 0 atom stereocenters. The van der Waals surface area contributed by atoms with Crippen LogP contribution in [-0.2, 0) is 26.1 Å². The van der Waals surface area contributed by atoms with Gasteiger partial charge in [-0.3, -0.25) is 0 Å². The molecule has 4 heteroatoms. The lowest BCUT2D eigenvalue weighted by molar-refractivity contribution is 0.620. The first-order chi connectivity index (χ1) is 9.40. The Kier molecular flexibility index (Phi) is 2.48. The van der Waals surface area contributed by atoms with E-state index in [2.05, 4.69) is 39.5 Å². The van der Waals surface area contributed by atoms with Crippen LogP contribution >= 0.6 is 0 Å². The molecule has 0 saturated heterocycles. The number of hydrogen-bond acceptors (Lipinski definition) is 4. The van der Waals surface area contributed by atoms with E-state index in [0.29, 0.717) is 0 Å². The average molecular weight is 252 g/mol. The minimum Gasteiger partial charge on any atom is -0.332 e. The van der Waals surface area contributed by atoms with Gasteiger partial charge < -0.3 is 10.2 Å². The van der Waals surface area contributed by atoms with Crippen molar-refractivity contribution >= 4 is 5.95 Å². The summed E-state index contributed by atoms with van der Waals surface area (Å²) in [6, 6.07) is 8.57. The number of benzene rings is 1. The number of rotatable bonds is 1. The summed E-state index contributed by atoms with van der Waals surface area (Å²) in [5.74, 6) is 0.860. The molecule has 0 unspecified atom stereocenters. The maximum atomic E-state index is 4.73. The van der Waals surface area contributed by atoms with Gasteiger partial charge in [0.05, 0.1) is 5.69 Å². The van der Waals surface area contributed by atoms with E-state index in [9.17, 15) is 0 Å². The first-order valence-corrected chi connectivity index (χ1v) is 6.77. The molecular formula is C15H16N4. The summed E-state index contributed by atoms with van der Waals surface area (Å²) in [5.41, 5.74) is 5.23. The first-order valence-electron chi connectivity index (χ1n) is 6.77. The minimum atomic E-state index is 0.860. The second-order valence-corrected chi connectivity index (χ2v) is 5.19. The third-order valence-electron chi connectivity index (χ3n) is 3.93. The third-order valence-corrected chi connectivity index (χ3v) is 3.93. The Morgan fingerprint density at radius 3 is 2.63 bits per heavy atom. The Bertz CT molecular complexity index is 598. The van der Waals surface area contributed by atoms with E-state index in [-0.39, 0.29) is 0 Å². The molecule has 3 heterocycles. The van der Waals surface area contributed by atoms with E-state index in [1.807, 2.05) is 6.20 Å². The molecule has 2 aliphatic heterocycles. The number of aromatic nitrogens is 2. The van der Waals surface area contributed by atoms with E-state index < -0.39 is 0 Å². The van der Waals surface area contributed by atoms with E-state index >= 15 is 0 Å². The Balaban J connectivity index is 1.64. The largest absolute Gasteiger partial charge is 0.332 e. The van der Waals surface area contributed by atoms with Crippen molar-refractivity contribution in [1.29, 1.82) is 0 Å². The summed E-state index contributed by atoms with van der Waals surface area (Å²) in [7, 11) is 0. The fourth-order valence-electron chi connectivity index (χ4n) is 2.85. The van der Waals surface area contributed by atoms with Crippen molar-refractivity contribution in [3.8, 4) is 0 Å². The lowest BCUT2D eigenvalue weighted by atomic mass is 10.1. The molecule has 96 valence electrons. The van der Waals surface area contributed by atoms with Crippen LogP contribution in [0.5, 0.6) is 0 Å². The van der Waals surface area contributed by atoms with Crippen LogP contribution in [-0.4, -0.2) is 16.5 Å². The number of hydrogen-bond donors (Lipinski definition) is 1. The van der Waals surface area contributed by atoms with Gasteiger partial charge in [-0.1, -0.05) is 24.3 Å². The van der Waals surface area contributed by atoms with Crippen LogP contribution in [0.4, 0.5) is 5.95 Å².